The van der Waals surface area contributed by atoms with Gasteiger partial charge >= 0.3 is 6.03 Å². The van der Waals surface area contributed by atoms with Gasteiger partial charge in [-0.2, -0.15) is 0 Å². The zero-order valence-corrected chi connectivity index (χ0v) is 15.9. The lowest BCUT2D eigenvalue weighted by molar-refractivity contribution is -0.119. The molecular formula is C15H25N5O2S2. The van der Waals surface area contributed by atoms with Crippen molar-refractivity contribution in [2.75, 3.05) is 11.9 Å². The minimum Gasteiger partial charge on any atom is -0.360 e. The highest BCUT2D eigenvalue weighted by Crippen LogP contribution is 2.29. The normalized spacial score (nSPS) is 16.2. The molecule has 0 unspecified atom stereocenters. The van der Waals surface area contributed by atoms with Gasteiger partial charge in [0.25, 0.3) is 0 Å². The third-order valence-corrected chi connectivity index (χ3v) is 5.71. The summed E-state index contributed by atoms with van der Waals surface area (Å²) < 4.78 is 0.708. The molecule has 1 saturated carbocycles. The summed E-state index contributed by atoms with van der Waals surface area (Å²) in [6.45, 7) is 6.82. The monoisotopic (exact) mass is 371 g/mol. The van der Waals surface area contributed by atoms with Crippen LogP contribution in [0.25, 0.3) is 0 Å². The highest BCUT2D eigenvalue weighted by molar-refractivity contribution is 8.02. The van der Waals surface area contributed by atoms with Crippen molar-refractivity contribution < 1.29 is 9.59 Å². The van der Waals surface area contributed by atoms with Crippen LogP contribution >= 0.6 is 23.1 Å². The standard InChI is InChI=1S/C15H25N5O2S2/c1-9(2)8-16-14-19-20-15(24-14)23-10(3)12(21)18-13(22)17-11-6-4-5-7-11/h9-11H,4-8H2,1-3H3,(H,16,19)(H2,17,18,21,22)/t10-/m1/s1. The summed E-state index contributed by atoms with van der Waals surface area (Å²) in [7, 11) is 0. The second-order valence-electron chi connectivity index (χ2n) is 6.35. The first-order chi connectivity index (χ1) is 11.4. The van der Waals surface area contributed by atoms with Gasteiger partial charge in [0.05, 0.1) is 5.25 Å². The third-order valence-electron chi connectivity index (χ3n) is 3.64. The zero-order valence-electron chi connectivity index (χ0n) is 14.3. The number of thioether (sulfide) groups is 1. The Labute approximate surface area is 150 Å². The lowest BCUT2D eigenvalue weighted by Gasteiger charge is -2.14. The fourth-order valence-electron chi connectivity index (χ4n) is 2.33. The van der Waals surface area contributed by atoms with Gasteiger partial charge in [0.2, 0.25) is 11.0 Å². The predicted octanol–water partition coefficient (Wildman–Crippen LogP) is 2.86. The van der Waals surface area contributed by atoms with Crippen LogP contribution in [-0.2, 0) is 4.79 Å². The maximum absolute atomic E-state index is 12.1. The Balaban J connectivity index is 1.75. The van der Waals surface area contributed by atoms with Crippen molar-refractivity contribution in [3.05, 3.63) is 0 Å². The van der Waals surface area contributed by atoms with Crippen LogP contribution in [0.3, 0.4) is 0 Å². The molecule has 2 rings (SSSR count). The van der Waals surface area contributed by atoms with Crippen LogP contribution < -0.4 is 16.0 Å². The van der Waals surface area contributed by atoms with Crippen LogP contribution in [0.15, 0.2) is 4.34 Å². The number of anilines is 1. The molecule has 1 heterocycles. The molecule has 0 aromatic carbocycles. The Morgan fingerprint density at radius 1 is 1.25 bits per heavy atom. The maximum Gasteiger partial charge on any atom is 0.321 e. The quantitative estimate of drug-likeness (QED) is 0.638. The van der Waals surface area contributed by atoms with E-state index in [0.717, 1.165) is 37.4 Å². The molecule has 0 radical (unpaired) electrons. The summed E-state index contributed by atoms with van der Waals surface area (Å²) >= 11 is 2.72. The summed E-state index contributed by atoms with van der Waals surface area (Å²) in [6.07, 6.45) is 4.25. The van der Waals surface area contributed by atoms with Crippen molar-refractivity contribution >= 4 is 40.2 Å². The van der Waals surface area contributed by atoms with Gasteiger partial charge in [0, 0.05) is 12.6 Å². The van der Waals surface area contributed by atoms with Gasteiger partial charge in [-0.15, -0.1) is 10.2 Å². The molecular weight excluding hydrogens is 346 g/mol. The number of nitrogens with zero attached hydrogens (tertiary/aromatic N) is 2. The van der Waals surface area contributed by atoms with Gasteiger partial charge in [0.15, 0.2) is 4.34 Å². The minimum absolute atomic E-state index is 0.193. The first-order valence-electron chi connectivity index (χ1n) is 8.29. The molecule has 1 fully saturated rings. The summed E-state index contributed by atoms with van der Waals surface area (Å²) in [5.41, 5.74) is 0. The smallest absolute Gasteiger partial charge is 0.321 e. The first kappa shape index (κ1) is 19.0. The number of rotatable bonds is 7. The molecule has 9 heteroatoms. The van der Waals surface area contributed by atoms with E-state index in [9.17, 15) is 9.59 Å². The Kier molecular flexibility index (Phi) is 7.29. The number of hydrogen-bond donors (Lipinski definition) is 3. The van der Waals surface area contributed by atoms with E-state index < -0.39 is 11.3 Å². The number of aromatic nitrogens is 2. The van der Waals surface area contributed by atoms with Crippen molar-refractivity contribution in [2.45, 2.75) is 62.1 Å². The highest BCUT2D eigenvalue weighted by atomic mass is 32.2. The van der Waals surface area contributed by atoms with Crippen LogP contribution in [0.2, 0.25) is 0 Å². The summed E-state index contributed by atoms with van der Waals surface area (Å²) in [4.78, 5) is 23.9. The molecule has 1 aromatic heterocycles. The van der Waals surface area contributed by atoms with Crippen LogP contribution in [0, 0.1) is 5.92 Å². The lowest BCUT2D eigenvalue weighted by atomic mass is 10.2. The molecule has 134 valence electrons. The van der Waals surface area contributed by atoms with Crippen LogP contribution in [-0.4, -0.2) is 40.0 Å². The van der Waals surface area contributed by atoms with Crippen molar-refractivity contribution in [3.8, 4) is 0 Å². The highest BCUT2D eigenvalue weighted by Gasteiger charge is 2.22. The molecule has 7 nitrogen and oxygen atoms in total. The Hall–Kier alpha value is -1.35. The second-order valence-corrected chi connectivity index (χ2v) is 8.92. The van der Waals surface area contributed by atoms with Crippen LogP contribution in [0.4, 0.5) is 9.93 Å². The van der Waals surface area contributed by atoms with Gasteiger partial charge in [-0.05, 0) is 25.7 Å². The summed E-state index contributed by atoms with van der Waals surface area (Å²) in [6, 6.07) is -0.214. The zero-order chi connectivity index (χ0) is 17.5. The van der Waals surface area contributed by atoms with E-state index in [4.69, 9.17) is 0 Å². The number of carbonyl (C=O) groups excluding carboxylic acids is 2. The molecule has 1 aromatic rings. The van der Waals surface area contributed by atoms with Crippen molar-refractivity contribution in [3.63, 3.8) is 0 Å². The average Bonchev–Trinajstić information content (AvgIpc) is 3.16. The van der Waals surface area contributed by atoms with E-state index in [1.165, 1.54) is 23.1 Å². The van der Waals surface area contributed by atoms with Gasteiger partial charge in [-0.1, -0.05) is 49.8 Å². The number of amides is 3. The fourth-order valence-corrected chi connectivity index (χ4v) is 4.23. The second kappa shape index (κ2) is 9.22. The molecule has 0 bridgehead atoms. The Morgan fingerprint density at radius 3 is 2.62 bits per heavy atom. The van der Waals surface area contributed by atoms with E-state index >= 15 is 0 Å². The van der Waals surface area contributed by atoms with E-state index in [1.807, 2.05) is 0 Å². The van der Waals surface area contributed by atoms with Gasteiger partial charge < -0.3 is 10.6 Å². The van der Waals surface area contributed by atoms with Crippen molar-refractivity contribution in [1.82, 2.24) is 20.8 Å². The number of imide groups is 1. The van der Waals surface area contributed by atoms with Crippen molar-refractivity contribution in [1.29, 1.82) is 0 Å². The molecule has 1 aliphatic carbocycles. The van der Waals surface area contributed by atoms with E-state index in [0.29, 0.717) is 10.3 Å². The number of hydrogen-bond acceptors (Lipinski definition) is 7. The van der Waals surface area contributed by atoms with Crippen LogP contribution in [0.1, 0.15) is 46.5 Å². The molecule has 3 N–H and O–H groups in total. The molecule has 0 saturated heterocycles. The predicted molar refractivity (Wildman–Crippen MR) is 97.5 cm³/mol. The molecule has 1 atom stereocenters. The summed E-state index contributed by atoms with van der Waals surface area (Å²) in [5.74, 6) is 0.204. The molecule has 0 spiro atoms. The van der Waals surface area contributed by atoms with Crippen molar-refractivity contribution in [2.24, 2.45) is 5.92 Å². The lowest BCUT2D eigenvalue weighted by Crippen LogP contribution is -2.45. The third kappa shape index (κ3) is 6.27. The minimum atomic E-state index is -0.412. The van der Waals surface area contributed by atoms with Crippen LogP contribution in [0.5, 0.6) is 0 Å². The number of nitrogens with one attached hydrogen (secondary N) is 3. The topological polar surface area (TPSA) is 96.0 Å². The Morgan fingerprint density at radius 2 is 1.96 bits per heavy atom. The molecule has 0 aliphatic heterocycles. The average molecular weight is 372 g/mol. The van der Waals surface area contributed by atoms with E-state index in [2.05, 4.69) is 40.0 Å². The largest absolute Gasteiger partial charge is 0.360 e. The van der Waals surface area contributed by atoms with Gasteiger partial charge in [0.1, 0.15) is 0 Å². The Bertz CT molecular complexity index is 558. The molecule has 1 aliphatic rings. The number of urea groups is 1. The molecule has 24 heavy (non-hydrogen) atoms. The molecule has 3 amide bonds. The summed E-state index contributed by atoms with van der Waals surface area (Å²) in [5, 5.41) is 16.9. The maximum atomic E-state index is 12.1. The van der Waals surface area contributed by atoms with Gasteiger partial charge in [-0.25, -0.2) is 4.79 Å². The number of carbonyl (C=O) groups is 2. The SMILES string of the molecule is CC(C)CNc1nnc(S[C@H](C)C(=O)NC(=O)NC2CCCC2)s1. The van der Waals surface area contributed by atoms with E-state index in [1.54, 1.807) is 6.92 Å². The van der Waals surface area contributed by atoms with Gasteiger partial charge in [-0.3, -0.25) is 10.1 Å². The first-order valence-corrected chi connectivity index (χ1v) is 9.99. The fraction of sp³-hybridized carbons (Fsp3) is 0.733. The van der Waals surface area contributed by atoms with E-state index in [-0.39, 0.29) is 11.9 Å².